The number of hydrogen-bond acceptors (Lipinski definition) is 6. The van der Waals surface area contributed by atoms with E-state index in [9.17, 15) is 4.79 Å². The van der Waals surface area contributed by atoms with Crippen LogP contribution in [-0.4, -0.2) is 40.4 Å². The summed E-state index contributed by atoms with van der Waals surface area (Å²) in [6.45, 7) is 0.675. The van der Waals surface area contributed by atoms with Crippen molar-refractivity contribution in [2.45, 2.75) is 11.6 Å². The third-order valence-corrected chi connectivity index (χ3v) is 5.31. The summed E-state index contributed by atoms with van der Waals surface area (Å²) in [7, 11) is 1.58. The summed E-state index contributed by atoms with van der Waals surface area (Å²) in [4.78, 5) is 16.9. The molecule has 6 nitrogen and oxygen atoms in total. The molecule has 1 N–H and O–H groups in total. The number of aromatic amines is 1. The van der Waals surface area contributed by atoms with Crippen LogP contribution in [0.1, 0.15) is 15.9 Å². The number of thioether (sulfide) groups is 1. The Labute approximate surface area is 165 Å². The molecule has 0 atom stereocenters. The van der Waals surface area contributed by atoms with Crippen LogP contribution in [0.5, 0.6) is 11.5 Å². The fourth-order valence-corrected chi connectivity index (χ4v) is 3.74. The van der Waals surface area contributed by atoms with Gasteiger partial charge in [0.15, 0.2) is 11.6 Å². The molecule has 2 aromatic carbocycles. The minimum atomic E-state index is 0.0291. The Hall–Kier alpha value is -2.51. The van der Waals surface area contributed by atoms with Gasteiger partial charge in [-0.15, -0.1) is 5.10 Å². The average molecular weight is 402 g/mol. The molecule has 0 saturated carbocycles. The summed E-state index contributed by atoms with van der Waals surface area (Å²) in [6.07, 6.45) is 0.843. The Kier molecular flexibility index (Phi) is 5.05. The van der Waals surface area contributed by atoms with Gasteiger partial charge in [0.25, 0.3) is 0 Å². The van der Waals surface area contributed by atoms with Crippen molar-refractivity contribution in [3.8, 4) is 22.9 Å². The molecule has 3 aromatic rings. The van der Waals surface area contributed by atoms with Gasteiger partial charge in [-0.3, -0.25) is 9.89 Å². The molecule has 4 rings (SSSR count). The SMILES string of the molecule is COc1ccc(Cl)cc1-c1nc(SCC(=O)c2ccc3c(c2)CCO3)n[nH]1. The van der Waals surface area contributed by atoms with Crippen LogP contribution >= 0.6 is 23.4 Å². The molecule has 1 aromatic heterocycles. The van der Waals surface area contributed by atoms with Gasteiger partial charge < -0.3 is 9.47 Å². The number of Topliss-reactive ketones (excluding diaryl/α,β-unsaturated/α-hetero) is 1. The van der Waals surface area contributed by atoms with Crippen molar-refractivity contribution in [2.24, 2.45) is 0 Å². The highest BCUT2D eigenvalue weighted by atomic mass is 35.5. The second-order valence-electron chi connectivity index (χ2n) is 5.94. The predicted molar refractivity (Wildman–Crippen MR) is 104 cm³/mol. The number of ether oxygens (including phenoxy) is 2. The second-order valence-corrected chi connectivity index (χ2v) is 7.32. The van der Waals surface area contributed by atoms with Crippen molar-refractivity contribution < 1.29 is 14.3 Å². The molecule has 0 radical (unpaired) electrons. The van der Waals surface area contributed by atoms with Crippen molar-refractivity contribution in [3.05, 3.63) is 52.5 Å². The van der Waals surface area contributed by atoms with E-state index < -0.39 is 0 Å². The predicted octanol–water partition coefficient (Wildman–Crippen LogP) is 4.04. The van der Waals surface area contributed by atoms with Gasteiger partial charge in [0.1, 0.15) is 11.5 Å². The van der Waals surface area contributed by atoms with Gasteiger partial charge in [-0.25, -0.2) is 4.98 Å². The van der Waals surface area contributed by atoms with Gasteiger partial charge in [-0.2, -0.15) is 0 Å². The van der Waals surface area contributed by atoms with Crippen LogP contribution in [0.25, 0.3) is 11.4 Å². The zero-order valence-electron chi connectivity index (χ0n) is 14.5. The normalized spacial score (nSPS) is 12.5. The quantitative estimate of drug-likeness (QED) is 0.496. The number of fused-ring (bicyclic) bond motifs is 1. The molecular weight excluding hydrogens is 386 g/mol. The first-order valence-electron chi connectivity index (χ1n) is 8.32. The highest BCUT2D eigenvalue weighted by Crippen LogP contribution is 2.31. The lowest BCUT2D eigenvalue weighted by Crippen LogP contribution is -2.03. The van der Waals surface area contributed by atoms with Gasteiger partial charge in [0.05, 0.1) is 25.0 Å². The van der Waals surface area contributed by atoms with Crippen molar-refractivity contribution in [1.82, 2.24) is 15.2 Å². The number of H-pyrrole nitrogens is 1. The molecule has 0 amide bonds. The smallest absolute Gasteiger partial charge is 0.209 e. The van der Waals surface area contributed by atoms with E-state index in [4.69, 9.17) is 21.1 Å². The number of carbonyl (C=O) groups excluding carboxylic acids is 1. The Morgan fingerprint density at radius 2 is 2.22 bits per heavy atom. The number of nitrogens with one attached hydrogen (secondary N) is 1. The number of aromatic nitrogens is 3. The number of halogens is 1. The van der Waals surface area contributed by atoms with Gasteiger partial charge >= 0.3 is 0 Å². The summed E-state index contributed by atoms with van der Waals surface area (Å²) < 4.78 is 10.8. The topological polar surface area (TPSA) is 77.1 Å². The zero-order valence-corrected chi connectivity index (χ0v) is 16.1. The van der Waals surface area contributed by atoms with Crippen LogP contribution in [0.15, 0.2) is 41.6 Å². The van der Waals surface area contributed by atoms with Gasteiger partial charge in [0, 0.05) is 17.0 Å². The van der Waals surface area contributed by atoms with Crippen molar-refractivity contribution >= 4 is 29.1 Å². The molecule has 2 heterocycles. The van der Waals surface area contributed by atoms with E-state index in [0.717, 1.165) is 17.7 Å². The lowest BCUT2D eigenvalue weighted by molar-refractivity contribution is 0.102. The molecule has 0 spiro atoms. The number of nitrogens with zero attached hydrogens (tertiary/aromatic N) is 2. The molecule has 27 heavy (non-hydrogen) atoms. The van der Waals surface area contributed by atoms with Crippen LogP contribution in [-0.2, 0) is 6.42 Å². The van der Waals surface area contributed by atoms with E-state index in [-0.39, 0.29) is 11.5 Å². The maximum absolute atomic E-state index is 12.5. The maximum Gasteiger partial charge on any atom is 0.209 e. The Morgan fingerprint density at radius 1 is 1.33 bits per heavy atom. The summed E-state index contributed by atoms with van der Waals surface area (Å²) in [5.41, 5.74) is 2.48. The van der Waals surface area contributed by atoms with E-state index in [2.05, 4.69) is 15.2 Å². The van der Waals surface area contributed by atoms with Gasteiger partial charge in [-0.05, 0) is 42.0 Å². The first-order valence-corrected chi connectivity index (χ1v) is 9.68. The van der Waals surface area contributed by atoms with Crippen LogP contribution < -0.4 is 9.47 Å². The minimum Gasteiger partial charge on any atom is -0.496 e. The van der Waals surface area contributed by atoms with E-state index >= 15 is 0 Å². The zero-order chi connectivity index (χ0) is 18.8. The third kappa shape index (κ3) is 3.79. The molecular formula is C19H16ClN3O3S. The molecule has 8 heteroatoms. The van der Waals surface area contributed by atoms with E-state index in [1.54, 1.807) is 31.4 Å². The molecule has 1 aliphatic heterocycles. The van der Waals surface area contributed by atoms with E-state index in [1.807, 2.05) is 12.1 Å². The van der Waals surface area contributed by atoms with Gasteiger partial charge in [-0.1, -0.05) is 23.4 Å². The molecule has 0 fully saturated rings. The molecule has 0 saturated heterocycles. The standard InChI is InChI=1S/C19H16ClN3O3S/c1-25-17-5-3-13(20)9-14(17)18-21-19(23-22-18)27-10-15(24)11-2-4-16-12(8-11)6-7-26-16/h2-5,8-9H,6-7,10H2,1H3,(H,21,22,23). The lowest BCUT2D eigenvalue weighted by Gasteiger charge is -2.05. The highest BCUT2D eigenvalue weighted by Gasteiger charge is 2.17. The van der Waals surface area contributed by atoms with E-state index in [0.29, 0.717) is 39.5 Å². The second kappa shape index (κ2) is 7.62. The molecule has 0 aliphatic carbocycles. The number of benzene rings is 2. The third-order valence-electron chi connectivity index (χ3n) is 4.23. The number of hydrogen-bond donors (Lipinski definition) is 1. The highest BCUT2D eigenvalue weighted by molar-refractivity contribution is 7.99. The largest absolute Gasteiger partial charge is 0.496 e. The summed E-state index contributed by atoms with van der Waals surface area (Å²) in [6, 6.07) is 10.8. The van der Waals surface area contributed by atoms with Crippen LogP contribution in [0, 0.1) is 0 Å². The fourth-order valence-electron chi connectivity index (χ4n) is 2.87. The lowest BCUT2D eigenvalue weighted by atomic mass is 10.1. The van der Waals surface area contributed by atoms with Crippen LogP contribution in [0.4, 0.5) is 0 Å². The summed E-state index contributed by atoms with van der Waals surface area (Å²) >= 11 is 7.35. The first kappa shape index (κ1) is 17.9. The Balaban J connectivity index is 1.46. The number of rotatable bonds is 6. The van der Waals surface area contributed by atoms with E-state index in [1.165, 1.54) is 11.8 Å². The monoisotopic (exact) mass is 401 g/mol. The number of carbonyl (C=O) groups is 1. The van der Waals surface area contributed by atoms with Gasteiger partial charge in [0.2, 0.25) is 5.16 Å². The summed E-state index contributed by atoms with van der Waals surface area (Å²) in [5.74, 6) is 2.33. The van der Waals surface area contributed by atoms with Crippen molar-refractivity contribution in [2.75, 3.05) is 19.5 Å². The molecule has 0 bridgehead atoms. The molecule has 0 unspecified atom stereocenters. The van der Waals surface area contributed by atoms with Crippen molar-refractivity contribution in [1.29, 1.82) is 0 Å². The number of methoxy groups -OCH3 is 1. The first-order chi connectivity index (χ1) is 13.1. The van der Waals surface area contributed by atoms with Crippen molar-refractivity contribution in [3.63, 3.8) is 0 Å². The van der Waals surface area contributed by atoms with Crippen LogP contribution in [0.3, 0.4) is 0 Å². The summed E-state index contributed by atoms with van der Waals surface area (Å²) in [5, 5.41) is 8.12. The molecule has 1 aliphatic rings. The average Bonchev–Trinajstić information content (AvgIpc) is 3.34. The molecule has 138 valence electrons. The minimum absolute atomic E-state index is 0.0291. The maximum atomic E-state index is 12.5. The fraction of sp³-hybridized carbons (Fsp3) is 0.211. The Bertz CT molecular complexity index is 1010. The van der Waals surface area contributed by atoms with Crippen LogP contribution in [0.2, 0.25) is 5.02 Å². The number of ketones is 1. The Morgan fingerprint density at radius 3 is 3.07 bits per heavy atom.